The van der Waals surface area contributed by atoms with Crippen LogP contribution in [0.25, 0.3) is 16.9 Å². The quantitative estimate of drug-likeness (QED) is 0.777. The van der Waals surface area contributed by atoms with Gasteiger partial charge in [0.15, 0.2) is 5.82 Å². The summed E-state index contributed by atoms with van der Waals surface area (Å²) in [6.45, 7) is 1.87. The molecule has 2 aromatic heterocycles. The molecule has 3 aromatic rings. The highest BCUT2D eigenvalue weighted by atomic mass is 19.1. The predicted octanol–water partition coefficient (Wildman–Crippen LogP) is 2.96. The van der Waals surface area contributed by atoms with E-state index in [1.54, 1.807) is 23.0 Å². The Morgan fingerprint density at radius 1 is 1.10 bits per heavy atom. The van der Waals surface area contributed by atoms with Gasteiger partial charge in [-0.25, -0.2) is 9.37 Å². The first-order chi connectivity index (χ1) is 9.66. The van der Waals surface area contributed by atoms with Gasteiger partial charge in [0, 0.05) is 11.8 Å². The number of nitrogens with zero attached hydrogens (tertiary/aromatic N) is 3. The van der Waals surface area contributed by atoms with E-state index in [1.807, 2.05) is 25.1 Å². The maximum absolute atomic E-state index is 13.0. The number of anilines is 1. The van der Waals surface area contributed by atoms with Crippen LogP contribution in [0.1, 0.15) is 5.69 Å². The SMILES string of the molecule is Cc1nn(-c2ccccn2)c(N)c1-c1ccc(F)cc1. The summed E-state index contributed by atoms with van der Waals surface area (Å²) in [6, 6.07) is 11.7. The van der Waals surface area contributed by atoms with Gasteiger partial charge in [-0.15, -0.1) is 0 Å². The Labute approximate surface area is 115 Å². The monoisotopic (exact) mass is 268 g/mol. The number of rotatable bonds is 2. The second-order valence-corrected chi connectivity index (χ2v) is 4.45. The third-order valence-corrected chi connectivity index (χ3v) is 3.10. The maximum atomic E-state index is 13.0. The van der Waals surface area contributed by atoms with E-state index in [2.05, 4.69) is 10.1 Å². The van der Waals surface area contributed by atoms with Crippen LogP contribution in [-0.4, -0.2) is 14.8 Å². The van der Waals surface area contributed by atoms with Crippen molar-refractivity contribution in [1.29, 1.82) is 0 Å². The van der Waals surface area contributed by atoms with E-state index in [4.69, 9.17) is 5.73 Å². The third-order valence-electron chi connectivity index (χ3n) is 3.10. The lowest BCUT2D eigenvalue weighted by atomic mass is 10.1. The Morgan fingerprint density at radius 3 is 2.50 bits per heavy atom. The molecule has 0 atom stereocenters. The lowest BCUT2D eigenvalue weighted by Crippen LogP contribution is -2.03. The van der Waals surface area contributed by atoms with Crippen molar-refractivity contribution in [2.45, 2.75) is 6.92 Å². The fourth-order valence-electron chi connectivity index (χ4n) is 2.17. The summed E-state index contributed by atoms with van der Waals surface area (Å²) in [4.78, 5) is 4.23. The van der Waals surface area contributed by atoms with E-state index < -0.39 is 0 Å². The summed E-state index contributed by atoms with van der Waals surface area (Å²) in [6.07, 6.45) is 1.68. The molecule has 0 bridgehead atoms. The number of pyridine rings is 1. The molecule has 0 aliphatic rings. The molecule has 3 rings (SSSR count). The van der Waals surface area contributed by atoms with Crippen LogP contribution < -0.4 is 5.73 Å². The van der Waals surface area contributed by atoms with Gasteiger partial charge in [0.25, 0.3) is 0 Å². The van der Waals surface area contributed by atoms with Crippen LogP contribution >= 0.6 is 0 Å². The minimum atomic E-state index is -0.276. The minimum absolute atomic E-state index is 0.276. The first-order valence-electron chi connectivity index (χ1n) is 6.19. The lowest BCUT2D eigenvalue weighted by molar-refractivity contribution is 0.628. The zero-order valence-electron chi connectivity index (χ0n) is 10.9. The molecule has 100 valence electrons. The maximum Gasteiger partial charge on any atom is 0.155 e. The van der Waals surface area contributed by atoms with Gasteiger partial charge < -0.3 is 5.73 Å². The van der Waals surface area contributed by atoms with Crippen LogP contribution in [-0.2, 0) is 0 Å². The van der Waals surface area contributed by atoms with E-state index in [9.17, 15) is 4.39 Å². The molecule has 0 aliphatic carbocycles. The van der Waals surface area contributed by atoms with Gasteiger partial charge in [0.2, 0.25) is 0 Å². The van der Waals surface area contributed by atoms with Crippen molar-refractivity contribution >= 4 is 5.82 Å². The fraction of sp³-hybridized carbons (Fsp3) is 0.0667. The van der Waals surface area contributed by atoms with Gasteiger partial charge in [-0.1, -0.05) is 18.2 Å². The molecule has 4 nitrogen and oxygen atoms in total. The molecule has 0 amide bonds. The largest absolute Gasteiger partial charge is 0.383 e. The summed E-state index contributed by atoms with van der Waals surface area (Å²) in [5.41, 5.74) is 8.59. The Balaban J connectivity index is 2.14. The molecule has 0 saturated heterocycles. The lowest BCUT2D eigenvalue weighted by Gasteiger charge is -2.04. The van der Waals surface area contributed by atoms with E-state index in [0.717, 1.165) is 16.8 Å². The Hall–Kier alpha value is -2.69. The van der Waals surface area contributed by atoms with Gasteiger partial charge in [-0.2, -0.15) is 9.78 Å². The number of halogens is 1. The van der Waals surface area contributed by atoms with Gasteiger partial charge in [-0.3, -0.25) is 0 Å². The van der Waals surface area contributed by atoms with E-state index in [0.29, 0.717) is 11.6 Å². The predicted molar refractivity (Wildman–Crippen MR) is 75.9 cm³/mol. The van der Waals surface area contributed by atoms with Crippen molar-refractivity contribution in [2.75, 3.05) is 5.73 Å². The molecule has 2 heterocycles. The van der Waals surface area contributed by atoms with Crippen molar-refractivity contribution in [3.05, 3.63) is 60.2 Å². The van der Waals surface area contributed by atoms with E-state index in [-0.39, 0.29) is 5.82 Å². The summed E-state index contributed by atoms with van der Waals surface area (Å²) in [5.74, 6) is 0.872. The average Bonchev–Trinajstić information content (AvgIpc) is 2.76. The summed E-state index contributed by atoms with van der Waals surface area (Å²) in [7, 11) is 0. The smallest absolute Gasteiger partial charge is 0.155 e. The molecular formula is C15H13FN4. The summed E-state index contributed by atoms with van der Waals surface area (Å²) in [5, 5.41) is 4.41. The van der Waals surface area contributed by atoms with Crippen LogP contribution in [0.15, 0.2) is 48.7 Å². The zero-order valence-corrected chi connectivity index (χ0v) is 10.9. The summed E-state index contributed by atoms with van der Waals surface area (Å²) < 4.78 is 14.6. The highest BCUT2D eigenvalue weighted by molar-refractivity contribution is 5.77. The Morgan fingerprint density at radius 2 is 1.85 bits per heavy atom. The molecule has 0 radical (unpaired) electrons. The number of aryl methyl sites for hydroxylation is 1. The number of nitrogens with two attached hydrogens (primary N) is 1. The average molecular weight is 268 g/mol. The number of hydrogen-bond acceptors (Lipinski definition) is 3. The second kappa shape index (κ2) is 4.77. The first-order valence-corrected chi connectivity index (χ1v) is 6.19. The third kappa shape index (κ3) is 2.03. The molecule has 5 heteroatoms. The fourth-order valence-corrected chi connectivity index (χ4v) is 2.17. The topological polar surface area (TPSA) is 56.7 Å². The van der Waals surface area contributed by atoms with Gasteiger partial charge in [0.1, 0.15) is 11.6 Å². The molecule has 0 saturated carbocycles. The highest BCUT2D eigenvalue weighted by Crippen LogP contribution is 2.30. The molecular weight excluding hydrogens is 255 g/mol. The Bertz CT molecular complexity index is 733. The van der Waals surface area contributed by atoms with Crippen LogP contribution in [0, 0.1) is 12.7 Å². The van der Waals surface area contributed by atoms with Crippen molar-refractivity contribution in [1.82, 2.24) is 14.8 Å². The van der Waals surface area contributed by atoms with Gasteiger partial charge in [-0.05, 0) is 36.8 Å². The normalized spacial score (nSPS) is 10.7. The van der Waals surface area contributed by atoms with Crippen LogP contribution in [0.3, 0.4) is 0 Å². The molecule has 0 aliphatic heterocycles. The van der Waals surface area contributed by atoms with Crippen LogP contribution in [0.2, 0.25) is 0 Å². The minimum Gasteiger partial charge on any atom is -0.383 e. The van der Waals surface area contributed by atoms with Gasteiger partial charge in [0.05, 0.1) is 5.69 Å². The number of benzene rings is 1. The first kappa shape index (κ1) is 12.3. The number of aromatic nitrogens is 3. The molecule has 2 N–H and O–H groups in total. The van der Waals surface area contributed by atoms with E-state index in [1.165, 1.54) is 12.1 Å². The molecule has 0 unspecified atom stereocenters. The van der Waals surface area contributed by atoms with Crippen LogP contribution in [0.5, 0.6) is 0 Å². The molecule has 1 aromatic carbocycles. The molecule has 0 spiro atoms. The van der Waals surface area contributed by atoms with Crippen LogP contribution in [0.4, 0.5) is 10.2 Å². The Kier molecular flexibility index (Phi) is 2.95. The number of hydrogen-bond donors (Lipinski definition) is 1. The second-order valence-electron chi connectivity index (χ2n) is 4.45. The van der Waals surface area contributed by atoms with Gasteiger partial charge >= 0.3 is 0 Å². The van der Waals surface area contributed by atoms with Crippen molar-refractivity contribution < 1.29 is 4.39 Å². The standard InChI is InChI=1S/C15H13FN4/c1-10-14(11-5-7-12(16)8-6-11)15(17)20(19-10)13-4-2-3-9-18-13/h2-9H,17H2,1H3. The van der Waals surface area contributed by atoms with Crippen molar-refractivity contribution in [3.63, 3.8) is 0 Å². The molecule has 0 fully saturated rings. The highest BCUT2D eigenvalue weighted by Gasteiger charge is 2.15. The van der Waals surface area contributed by atoms with E-state index >= 15 is 0 Å². The van der Waals surface area contributed by atoms with Crippen molar-refractivity contribution in [3.8, 4) is 16.9 Å². The summed E-state index contributed by atoms with van der Waals surface area (Å²) >= 11 is 0. The molecule has 20 heavy (non-hydrogen) atoms. The zero-order chi connectivity index (χ0) is 14.1. The van der Waals surface area contributed by atoms with Crippen molar-refractivity contribution in [2.24, 2.45) is 0 Å². The number of nitrogen functional groups attached to an aromatic ring is 1.